The molecular weight excluding hydrogens is 741 g/mol. The molecule has 0 radical (unpaired) electrons. The summed E-state index contributed by atoms with van der Waals surface area (Å²) in [5.74, 6) is -56.5. The molecule has 0 aliphatic rings. The Bertz CT molecular complexity index is 1620. The molecule has 3 aromatic carbocycles. The summed E-state index contributed by atoms with van der Waals surface area (Å²) in [5.41, 5.74) is 2.27. The Hall–Kier alpha value is -4.26. The first-order valence-corrected chi connectivity index (χ1v) is 14.0. The zero-order chi connectivity index (χ0) is 38.9. The van der Waals surface area contributed by atoms with Crippen LogP contribution >= 0.6 is 0 Å². The molecule has 0 aromatic heterocycles. The molecule has 3 nitrogen and oxygen atoms in total. The van der Waals surface area contributed by atoms with Gasteiger partial charge in [0, 0.05) is 13.0 Å². The van der Waals surface area contributed by atoms with Crippen molar-refractivity contribution in [3.63, 3.8) is 0 Å². The largest absolute Gasteiger partial charge is 0.460 e. The van der Waals surface area contributed by atoms with Crippen molar-refractivity contribution in [2.24, 2.45) is 0 Å². The van der Waals surface area contributed by atoms with E-state index in [-0.39, 0.29) is 12.1 Å². The van der Waals surface area contributed by atoms with Crippen molar-refractivity contribution in [2.45, 2.75) is 73.6 Å². The van der Waals surface area contributed by atoms with E-state index in [1.54, 1.807) is 12.1 Å². The van der Waals surface area contributed by atoms with Crippen molar-refractivity contribution < 1.29 is 84.2 Å². The van der Waals surface area contributed by atoms with Crippen molar-refractivity contribution in [1.82, 2.24) is 5.32 Å². The van der Waals surface area contributed by atoms with Crippen molar-refractivity contribution in [1.29, 1.82) is 0 Å². The number of benzene rings is 3. The summed E-state index contributed by atoms with van der Waals surface area (Å²) in [7, 11) is 0. The van der Waals surface area contributed by atoms with Gasteiger partial charge in [0.1, 0.15) is 6.61 Å². The van der Waals surface area contributed by atoms with Crippen LogP contribution < -0.4 is 5.32 Å². The van der Waals surface area contributed by atoms with Gasteiger partial charge in [-0.05, 0) is 34.2 Å². The van der Waals surface area contributed by atoms with Gasteiger partial charge < -0.3 is 10.1 Å². The molecule has 20 heteroatoms. The molecule has 282 valence electrons. The maximum Gasteiger partial charge on any atom is 0.460 e. The summed E-state index contributed by atoms with van der Waals surface area (Å²) in [6.07, 6.45) is -12.7. The quantitative estimate of drug-likeness (QED) is 0.166. The van der Waals surface area contributed by atoms with E-state index >= 15 is 0 Å². The van der Waals surface area contributed by atoms with E-state index < -0.39 is 78.7 Å². The minimum Gasteiger partial charge on any atom is -0.445 e. The van der Waals surface area contributed by atoms with Gasteiger partial charge in [-0.15, -0.1) is 0 Å². The van der Waals surface area contributed by atoms with E-state index in [0.717, 1.165) is 35.4 Å². The Balaban J connectivity index is 1.61. The van der Waals surface area contributed by atoms with Crippen LogP contribution in [-0.4, -0.2) is 53.7 Å². The maximum absolute atomic E-state index is 14.2. The summed E-state index contributed by atoms with van der Waals surface area (Å²) in [6, 6.07) is 20.3. The highest BCUT2D eigenvalue weighted by Gasteiger charge is 2.95. The molecule has 51 heavy (non-hydrogen) atoms. The van der Waals surface area contributed by atoms with E-state index in [1.165, 1.54) is 0 Å². The smallest absolute Gasteiger partial charge is 0.445 e. The molecule has 0 fully saturated rings. The van der Waals surface area contributed by atoms with E-state index in [4.69, 9.17) is 4.74 Å². The zero-order valence-electron chi connectivity index (χ0n) is 25.1. The van der Waals surface area contributed by atoms with Gasteiger partial charge in [-0.25, -0.2) is 4.79 Å². The summed E-state index contributed by atoms with van der Waals surface area (Å²) in [5, 5.41) is 2.44. The number of amides is 1. The van der Waals surface area contributed by atoms with Gasteiger partial charge in [-0.3, -0.25) is 0 Å². The van der Waals surface area contributed by atoms with Crippen molar-refractivity contribution >= 4 is 6.09 Å². The predicted molar refractivity (Wildman–Crippen MR) is 144 cm³/mol. The molecule has 0 atom stereocenters. The molecule has 3 rings (SSSR count). The Labute approximate surface area is 276 Å². The van der Waals surface area contributed by atoms with Crippen LogP contribution in [0, 0.1) is 0 Å². The van der Waals surface area contributed by atoms with Crippen LogP contribution in [0.4, 0.5) is 79.4 Å². The molecule has 0 spiro atoms. The standard InChI is InChI=1S/C31H22F17NO2/c32-24(33,25(34,35)26(36,37)27(38,39)28(40,41)29(42,43)30(44,45)31(46,47)48)15-14-18-6-8-20(9-7-18)17-51-23(50)49-16-19-10-12-22(13-11-19)21-4-2-1-3-5-21/h1-13H,14-17H2,(H,49,50). The first kappa shape index (κ1) is 41.2. The molecule has 0 heterocycles. The second-order valence-corrected chi connectivity index (χ2v) is 11.0. The Morgan fingerprint density at radius 1 is 0.490 bits per heavy atom. The molecule has 3 aromatic rings. The molecule has 0 bridgehead atoms. The number of rotatable bonds is 14. The number of ether oxygens (including phenoxy) is 1. The van der Waals surface area contributed by atoms with Crippen LogP contribution in [0.3, 0.4) is 0 Å². The molecule has 0 unspecified atom stereocenters. The van der Waals surface area contributed by atoms with Gasteiger partial charge in [-0.1, -0.05) is 78.9 Å². The van der Waals surface area contributed by atoms with Crippen LogP contribution in [0.5, 0.6) is 0 Å². The zero-order valence-corrected chi connectivity index (χ0v) is 25.1. The van der Waals surface area contributed by atoms with E-state index in [9.17, 15) is 79.4 Å². The number of alkyl carbamates (subject to hydrolysis) is 1. The second kappa shape index (κ2) is 14.0. The van der Waals surface area contributed by atoms with E-state index in [2.05, 4.69) is 5.32 Å². The molecule has 0 aliphatic heterocycles. The third-order valence-corrected chi connectivity index (χ3v) is 7.41. The lowest BCUT2D eigenvalue weighted by molar-refractivity contribution is -0.461. The molecule has 0 saturated carbocycles. The number of alkyl halides is 17. The number of hydrogen-bond acceptors (Lipinski definition) is 2. The van der Waals surface area contributed by atoms with Crippen molar-refractivity contribution in [3.05, 3.63) is 95.6 Å². The fourth-order valence-electron chi connectivity index (χ4n) is 4.28. The second-order valence-electron chi connectivity index (χ2n) is 11.0. The SMILES string of the molecule is O=C(NCc1ccc(-c2ccccc2)cc1)OCc1ccc(CCC(F)(F)C(F)(F)C(F)(F)C(F)(F)C(F)(F)C(F)(F)C(F)(F)C(F)(F)F)cc1. The first-order chi connectivity index (χ1) is 23.1. The number of carbonyl (C=O) groups is 1. The van der Waals surface area contributed by atoms with Gasteiger partial charge in [0.2, 0.25) is 0 Å². The van der Waals surface area contributed by atoms with Gasteiger partial charge >= 0.3 is 53.7 Å². The summed E-state index contributed by atoms with van der Waals surface area (Å²) in [6.45, 7) is -0.419. The van der Waals surface area contributed by atoms with Crippen LogP contribution in [0.15, 0.2) is 78.9 Å². The Morgan fingerprint density at radius 3 is 1.39 bits per heavy atom. The average Bonchev–Trinajstić information content (AvgIpc) is 3.05. The monoisotopic (exact) mass is 763 g/mol. The topological polar surface area (TPSA) is 38.3 Å². The lowest BCUT2D eigenvalue weighted by atomic mass is 9.87. The fourth-order valence-corrected chi connectivity index (χ4v) is 4.28. The first-order valence-electron chi connectivity index (χ1n) is 14.0. The summed E-state index contributed by atoms with van der Waals surface area (Å²) < 4.78 is 234. The van der Waals surface area contributed by atoms with Gasteiger partial charge in [0.05, 0.1) is 0 Å². The highest BCUT2D eigenvalue weighted by Crippen LogP contribution is 2.64. The average molecular weight is 763 g/mol. The lowest BCUT2D eigenvalue weighted by Gasteiger charge is -2.42. The van der Waals surface area contributed by atoms with Gasteiger partial charge in [0.25, 0.3) is 0 Å². The minimum atomic E-state index is -8.66. The third kappa shape index (κ3) is 7.68. The normalized spacial score (nSPS) is 14.0. The van der Waals surface area contributed by atoms with Crippen LogP contribution in [0.1, 0.15) is 23.1 Å². The third-order valence-electron chi connectivity index (χ3n) is 7.41. The Kier molecular flexibility index (Phi) is 11.3. The number of halogens is 17. The predicted octanol–water partition coefficient (Wildman–Crippen LogP) is 10.7. The number of hydrogen-bond donors (Lipinski definition) is 1. The summed E-state index contributed by atoms with van der Waals surface area (Å²) in [4.78, 5) is 12.0. The van der Waals surface area contributed by atoms with E-state index in [0.29, 0.717) is 5.56 Å². The minimum absolute atomic E-state index is 0.0385. The highest BCUT2D eigenvalue weighted by atomic mass is 19.4. The molecular formula is C31H22F17NO2. The fraction of sp³-hybridized carbons (Fsp3) is 0.387. The van der Waals surface area contributed by atoms with E-state index in [1.807, 2.05) is 42.5 Å². The highest BCUT2D eigenvalue weighted by molar-refractivity contribution is 5.67. The Morgan fingerprint density at radius 2 is 0.902 bits per heavy atom. The van der Waals surface area contributed by atoms with Crippen LogP contribution in [-0.2, 0) is 24.3 Å². The maximum atomic E-state index is 14.2. The van der Waals surface area contributed by atoms with Gasteiger partial charge in [0.15, 0.2) is 0 Å². The van der Waals surface area contributed by atoms with Crippen molar-refractivity contribution in [2.75, 3.05) is 0 Å². The van der Waals surface area contributed by atoms with Crippen molar-refractivity contribution in [3.8, 4) is 11.1 Å². The molecule has 0 saturated heterocycles. The molecule has 1 N–H and O–H groups in total. The number of nitrogens with one attached hydrogen (secondary N) is 1. The number of carbonyl (C=O) groups excluding carboxylic acids is 1. The lowest BCUT2D eigenvalue weighted by Crippen LogP contribution is -2.74. The molecule has 0 aliphatic carbocycles. The number of aryl methyl sites for hydroxylation is 1. The van der Waals surface area contributed by atoms with Gasteiger partial charge in [-0.2, -0.15) is 74.6 Å². The van der Waals surface area contributed by atoms with Crippen LogP contribution in [0.25, 0.3) is 11.1 Å². The summed E-state index contributed by atoms with van der Waals surface area (Å²) >= 11 is 0. The molecule has 1 amide bonds. The van der Waals surface area contributed by atoms with Crippen LogP contribution in [0.2, 0.25) is 0 Å².